The lowest BCUT2D eigenvalue weighted by Crippen LogP contribution is -2.50. The Hall–Kier alpha value is -2.17. The SMILES string of the molecule is CCC(C)C1(C)C(=O)N(CC(=O)c2ccccc2)C(=O)N1C. The van der Waals surface area contributed by atoms with E-state index in [-0.39, 0.29) is 24.2 Å². The first kappa shape index (κ1) is 16.2. The molecule has 0 aliphatic carbocycles. The number of likely N-dealkylation sites (N-methyl/N-ethyl adjacent to an activating group) is 1. The summed E-state index contributed by atoms with van der Waals surface area (Å²) >= 11 is 0. The summed E-state index contributed by atoms with van der Waals surface area (Å²) in [5.74, 6) is -0.506. The molecule has 1 fully saturated rings. The van der Waals surface area contributed by atoms with Crippen molar-refractivity contribution in [1.82, 2.24) is 9.80 Å². The number of carbonyl (C=O) groups excluding carboxylic acids is 3. The molecule has 0 radical (unpaired) electrons. The fraction of sp³-hybridized carbons (Fsp3) is 0.471. The zero-order valence-electron chi connectivity index (χ0n) is 13.5. The molecule has 1 aromatic carbocycles. The van der Waals surface area contributed by atoms with Gasteiger partial charge < -0.3 is 4.90 Å². The minimum atomic E-state index is -0.886. The molecule has 5 heteroatoms. The summed E-state index contributed by atoms with van der Waals surface area (Å²) in [7, 11) is 1.62. The Balaban J connectivity index is 2.24. The van der Waals surface area contributed by atoms with Crippen LogP contribution in [0, 0.1) is 5.92 Å². The maximum atomic E-state index is 12.7. The summed E-state index contributed by atoms with van der Waals surface area (Å²) < 4.78 is 0. The number of imide groups is 1. The van der Waals surface area contributed by atoms with E-state index >= 15 is 0 Å². The van der Waals surface area contributed by atoms with Gasteiger partial charge in [-0.15, -0.1) is 0 Å². The number of carbonyl (C=O) groups is 3. The first-order valence-corrected chi connectivity index (χ1v) is 7.52. The molecule has 0 saturated carbocycles. The summed E-state index contributed by atoms with van der Waals surface area (Å²) in [6.45, 7) is 5.50. The second-order valence-corrected chi connectivity index (χ2v) is 5.98. The van der Waals surface area contributed by atoms with Crippen LogP contribution in [0.25, 0.3) is 0 Å². The number of Topliss-reactive ketones (excluding diaryl/α,β-unsaturated/α-hetero) is 1. The molecule has 2 unspecified atom stereocenters. The fourth-order valence-corrected chi connectivity index (χ4v) is 2.82. The van der Waals surface area contributed by atoms with Gasteiger partial charge in [-0.25, -0.2) is 4.79 Å². The molecule has 1 aliphatic heterocycles. The lowest BCUT2D eigenvalue weighted by Gasteiger charge is -2.33. The predicted molar refractivity (Wildman–Crippen MR) is 83.5 cm³/mol. The molecule has 1 aliphatic rings. The van der Waals surface area contributed by atoms with Crippen molar-refractivity contribution >= 4 is 17.7 Å². The molecule has 22 heavy (non-hydrogen) atoms. The van der Waals surface area contributed by atoms with Crippen molar-refractivity contribution < 1.29 is 14.4 Å². The Morgan fingerprint density at radius 1 is 1.23 bits per heavy atom. The fourth-order valence-electron chi connectivity index (χ4n) is 2.82. The van der Waals surface area contributed by atoms with Gasteiger partial charge in [0.25, 0.3) is 5.91 Å². The number of ketones is 1. The summed E-state index contributed by atoms with van der Waals surface area (Å²) in [4.78, 5) is 39.9. The smallest absolute Gasteiger partial charge is 0.313 e. The van der Waals surface area contributed by atoms with Crippen molar-refractivity contribution in [2.75, 3.05) is 13.6 Å². The second-order valence-electron chi connectivity index (χ2n) is 5.98. The van der Waals surface area contributed by atoms with Crippen LogP contribution in [0.15, 0.2) is 30.3 Å². The maximum absolute atomic E-state index is 12.7. The first-order valence-electron chi connectivity index (χ1n) is 7.52. The van der Waals surface area contributed by atoms with E-state index in [4.69, 9.17) is 0 Å². The van der Waals surface area contributed by atoms with Crippen molar-refractivity contribution in [3.05, 3.63) is 35.9 Å². The largest absolute Gasteiger partial charge is 0.327 e. The Labute approximate surface area is 130 Å². The van der Waals surface area contributed by atoms with Crippen LogP contribution in [-0.4, -0.2) is 46.7 Å². The number of hydrogen-bond donors (Lipinski definition) is 0. The van der Waals surface area contributed by atoms with Gasteiger partial charge in [-0.05, 0) is 12.8 Å². The molecular formula is C17H22N2O3. The summed E-state index contributed by atoms with van der Waals surface area (Å²) in [6, 6.07) is 8.30. The molecule has 5 nitrogen and oxygen atoms in total. The molecule has 0 N–H and O–H groups in total. The van der Waals surface area contributed by atoms with Crippen molar-refractivity contribution in [2.24, 2.45) is 5.92 Å². The van der Waals surface area contributed by atoms with Crippen LogP contribution in [0.4, 0.5) is 4.79 Å². The molecule has 1 aromatic rings. The maximum Gasteiger partial charge on any atom is 0.327 e. The molecule has 2 atom stereocenters. The van der Waals surface area contributed by atoms with Gasteiger partial charge in [0.2, 0.25) is 0 Å². The van der Waals surface area contributed by atoms with E-state index in [1.807, 2.05) is 19.9 Å². The van der Waals surface area contributed by atoms with Crippen LogP contribution in [0.5, 0.6) is 0 Å². The molecule has 2 rings (SSSR count). The van der Waals surface area contributed by atoms with E-state index in [1.54, 1.807) is 38.2 Å². The molecule has 1 heterocycles. The number of benzene rings is 1. The van der Waals surface area contributed by atoms with Crippen molar-refractivity contribution in [3.8, 4) is 0 Å². The minimum absolute atomic E-state index is 0.0192. The van der Waals surface area contributed by atoms with E-state index in [9.17, 15) is 14.4 Å². The Kier molecular flexibility index (Phi) is 4.35. The van der Waals surface area contributed by atoms with E-state index < -0.39 is 11.6 Å². The van der Waals surface area contributed by atoms with Crippen LogP contribution >= 0.6 is 0 Å². The zero-order chi connectivity index (χ0) is 16.5. The highest BCUT2D eigenvalue weighted by molar-refractivity contribution is 6.11. The van der Waals surface area contributed by atoms with Crippen LogP contribution in [0.1, 0.15) is 37.6 Å². The number of hydrogen-bond acceptors (Lipinski definition) is 3. The third-order valence-electron chi connectivity index (χ3n) is 4.86. The van der Waals surface area contributed by atoms with E-state index in [1.165, 1.54) is 4.90 Å². The van der Waals surface area contributed by atoms with Crippen molar-refractivity contribution in [1.29, 1.82) is 0 Å². The van der Waals surface area contributed by atoms with Crippen LogP contribution in [-0.2, 0) is 4.79 Å². The van der Waals surface area contributed by atoms with Gasteiger partial charge in [-0.2, -0.15) is 0 Å². The molecule has 0 spiro atoms. The standard InChI is InChI=1S/C17H22N2O3/c1-5-12(2)17(3)15(21)19(16(22)18(17)4)11-14(20)13-9-7-6-8-10-13/h6-10,12H,5,11H2,1-4H3. The van der Waals surface area contributed by atoms with Crippen molar-refractivity contribution in [3.63, 3.8) is 0 Å². The third kappa shape index (κ3) is 2.40. The lowest BCUT2D eigenvalue weighted by molar-refractivity contribution is -0.134. The van der Waals surface area contributed by atoms with Gasteiger partial charge >= 0.3 is 6.03 Å². The van der Waals surface area contributed by atoms with Gasteiger partial charge in [0, 0.05) is 12.6 Å². The normalized spacial score (nSPS) is 23.1. The molecule has 0 bridgehead atoms. The quantitative estimate of drug-likeness (QED) is 0.620. The Morgan fingerprint density at radius 2 is 1.82 bits per heavy atom. The van der Waals surface area contributed by atoms with E-state index in [2.05, 4.69) is 0 Å². The van der Waals surface area contributed by atoms with Gasteiger partial charge in [0.1, 0.15) is 5.54 Å². The van der Waals surface area contributed by atoms with Crippen molar-refractivity contribution in [2.45, 2.75) is 32.7 Å². The third-order valence-corrected chi connectivity index (χ3v) is 4.86. The van der Waals surface area contributed by atoms with Crippen LogP contribution < -0.4 is 0 Å². The highest BCUT2D eigenvalue weighted by Crippen LogP contribution is 2.34. The zero-order valence-corrected chi connectivity index (χ0v) is 13.5. The summed E-state index contributed by atoms with van der Waals surface area (Å²) in [5.41, 5.74) is -0.383. The topological polar surface area (TPSA) is 57.7 Å². The van der Waals surface area contributed by atoms with Gasteiger partial charge in [-0.3, -0.25) is 14.5 Å². The predicted octanol–water partition coefficient (Wildman–Crippen LogP) is 2.57. The van der Waals surface area contributed by atoms with Crippen LogP contribution in [0.2, 0.25) is 0 Å². The van der Waals surface area contributed by atoms with Crippen LogP contribution in [0.3, 0.4) is 0 Å². The highest BCUT2D eigenvalue weighted by atomic mass is 16.2. The summed E-state index contributed by atoms with van der Waals surface area (Å²) in [6.07, 6.45) is 0.778. The molecular weight excluding hydrogens is 280 g/mol. The monoisotopic (exact) mass is 302 g/mol. The molecule has 1 saturated heterocycles. The number of amides is 3. The average molecular weight is 302 g/mol. The summed E-state index contributed by atoms with van der Waals surface area (Å²) in [5, 5.41) is 0. The number of urea groups is 1. The average Bonchev–Trinajstić information content (AvgIpc) is 2.71. The van der Waals surface area contributed by atoms with Gasteiger partial charge in [-0.1, -0.05) is 50.6 Å². The second kappa shape index (κ2) is 5.91. The molecule has 3 amide bonds. The Morgan fingerprint density at radius 3 is 2.36 bits per heavy atom. The number of rotatable bonds is 5. The Bertz CT molecular complexity index is 599. The van der Waals surface area contributed by atoms with Gasteiger partial charge in [0.15, 0.2) is 5.78 Å². The molecule has 0 aromatic heterocycles. The first-order chi connectivity index (χ1) is 10.3. The van der Waals surface area contributed by atoms with E-state index in [0.717, 1.165) is 11.3 Å². The number of nitrogens with zero attached hydrogens (tertiary/aromatic N) is 2. The van der Waals surface area contributed by atoms with Gasteiger partial charge in [0.05, 0.1) is 6.54 Å². The lowest BCUT2D eigenvalue weighted by atomic mass is 9.84. The highest BCUT2D eigenvalue weighted by Gasteiger charge is 2.55. The minimum Gasteiger partial charge on any atom is -0.313 e. The van der Waals surface area contributed by atoms with E-state index in [0.29, 0.717) is 5.56 Å². The molecule has 118 valence electrons.